The monoisotopic (exact) mass is 511 g/mol. The molecule has 3 aromatic rings. The zero-order valence-electron chi connectivity index (χ0n) is 21.8. The van der Waals surface area contributed by atoms with Crippen LogP contribution in [-0.4, -0.2) is 12.5 Å². The minimum atomic E-state index is -1.16. The number of para-hydroxylation sites is 1. The van der Waals surface area contributed by atoms with E-state index in [-0.39, 0.29) is 5.91 Å². The van der Waals surface area contributed by atoms with Crippen LogP contribution in [0.25, 0.3) is 0 Å². The van der Waals surface area contributed by atoms with E-state index in [2.05, 4.69) is 31.1 Å². The molecular weight excluding hydrogens is 482 g/mol. The molecule has 0 aliphatic carbocycles. The Bertz CT molecular complexity index is 1550. The highest BCUT2D eigenvalue weighted by Gasteiger charge is 2.53. The molecule has 1 aliphatic rings. The molecule has 0 saturated heterocycles. The van der Waals surface area contributed by atoms with Gasteiger partial charge in [0.1, 0.15) is 23.0 Å². The van der Waals surface area contributed by atoms with Gasteiger partial charge in [-0.05, 0) is 53.3 Å². The van der Waals surface area contributed by atoms with Gasteiger partial charge in [-0.3, -0.25) is 4.79 Å². The Hall–Kier alpha value is -5.11. The first-order chi connectivity index (χ1) is 19.1. The zero-order valence-corrected chi connectivity index (χ0v) is 21.8. The molecule has 1 aliphatic heterocycles. The van der Waals surface area contributed by atoms with Gasteiger partial charge in [-0.25, -0.2) is 0 Å². The molecule has 4 nitrogen and oxygen atoms in total. The number of nitrogens with zero attached hydrogens (tertiary/aromatic N) is 1. The molecule has 0 saturated carbocycles. The van der Waals surface area contributed by atoms with Crippen molar-refractivity contribution in [1.82, 2.24) is 0 Å². The molecule has 1 heterocycles. The highest BCUT2D eigenvalue weighted by atomic mass is 16.5. The van der Waals surface area contributed by atoms with Crippen molar-refractivity contribution in [2.24, 2.45) is 0 Å². The van der Waals surface area contributed by atoms with E-state index in [1.807, 2.05) is 60.7 Å². The number of carbonyl (C=O) groups excluding carboxylic acids is 1. The number of aryl methyl sites for hydroxylation is 2. The molecule has 3 aromatic carbocycles. The van der Waals surface area contributed by atoms with E-state index < -0.39 is 5.41 Å². The summed E-state index contributed by atoms with van der Waals surface area (Å²) in [5, 5.41) is 0. The number of amides is 1. The number of benzene rings is 3. The first kappa shape index (κ1) is 26.9. The summed E-state index contributed by atoms with van der Waals surface area (Å²) < 4.78 is 11.1. The number of hydrogen-bond donors (Lipinski definition) is 0. The topological polar surface area (TPSA) is 38.8 Å². The Labute approximate surface area is 231 Å². The van der Waals surface area contributed by atoms with Crippen LogP contribution < -0.4 is 14.4 Å². The van der Waals surface area contributed by atoms with Crippen LogP contribution in [0.3, 0.4) is 0 Å². The molecule has 192 valence electrons. The van der Waals surface area contributed by atoms with Gasteiger partial charge in [-0.1, -0.05) is 61.5 Å². The van der Waals surface area contributed by atoms with Gasteiger partial charge in [0.25, 0.3) is 0 Å². The quantitative estimate of drug-likeness (QED) is 0.175. The van der Waals surface area contributed by atoms with Gasteiger partial charge in [0, 0.05) is 30.6 Å². The molecule has 1 unspecified atom stereocenters. The first-order valence-electron chi connectivity index (χ1n) is 12.6. The average molecular weight is 512 g/mol. The Balaban J connectivity index is 2.06. The molecule has 0 bridgehead atoms. The van der Waals surface area contributed by atoms with Crippen molar-refractivity contribution in [3.05, 3.63) is 114 Å². The van der Waals surface area contributed by atoms with Crippen LogP contribution in [0.2, 0.25) is 0 Å². The van der Waals surface area contributed by atoms with E-state index in [4.69, 9.17) is 28.7 Å². The largest absolute Gasteiger partial charge is 0.465 e. The molecule has 0 N–H and O–H groups in total. The van der Waals surface area contributed by atoms with Crippen LogP contribution in [0.4, 0.5) is 5.69 Å². The second-order valence-corrected chi connectivity index (χ2v) is 9.03. The van der Waals surface area contributed by atoms with Gasteiger partial charge >= 0.3 is 0 Å². The number of hydrogen-bond acceptors (Lipinski definition) is 3. The highest BCUT2D eigenvalue weighted by Crippen LogP contribution is 2.51. The fraction of sp³-hybridized carbons (Fsp3) is 0.171. The molecule has 0 aromatic heterocycles. The van der Waals surface area contributed by atoms with E-state index in [0.29, 0.717) is 43.7 Å². The molecule has 0 fully saturated rings. The van der Waals surface area contributed by atoms with Gasteiger partial charge in [0.2, 0.25) is 5.91 Å². The van der Waals surface area contributed by atoms with Gasteiger partial charge in [0.05, 0.1) is 6.26 Å². The Morgan fingerprint density at radius 1 is 0.872 bits per heavy atom. The van der Waals surface area contributed by atoms with E-state index in [0.717, 1.165) is 33.5 Å². The highest BCUT2D eigenvalue weighted by molar-refractivity contribution is 6.13. The molecule has 4 rings (SSSR count). The average Bonchev–Trinajstić information content (AvgIpc) is 3.20. The number of anilines is 1. The lowest BCUT2D eigenvalue weighted by molar-refractivity contribution is -0.120. The van der Waals surface area contributed by atoms with Crippen molar-refractivity contribution in [3.63, 3.8) is 0 Å². The maximum absolute atomic E-state index is 14.6. The second kappa shape index (κ2) is 12.0. The van der Waals surface area contributed by atoms with E-state index in [9.17, 15) is 4.79 Å². The van der Waals surface area contributed by atoms with E-state index >= 15 is 0 Å². The first-order valence-corrected chi connectivity index (χ1v) is 12.6. The van der Waals surface area contributed by atoms with Crippen LogP contribution in [0.1, 0.15) is 40.7 Å². The smallest absolute Gasteiger partial charge is 0.247 e. The number of terminal acetylenes is 3. The second-order valence-electron chi connectivity index (χ2n) is 9.03. The number of ether oxygens (including phenoxy) is 2. The Kier molecular flexibility index (Phi) is 8.26. The van der Waals surface area contributed by atoms with Crippen LogP contribution in [0, 0.1) is 37.2 Å². The van der Waals surface area contributed by atoms with Crippen molar-refractivity contribution in [2.45, 2.75) is 31.1 Å². The van der Waals surface area contributed by atoms with Gasteiger partial charge in [0.15, 0.2) is 0 Å². The lowest BCUT2D eigenvalue weighted by atomic mass is 9.69. The van der Waals surface area contributed by atoms with Crippen LogP contribution in [-0.2, 0) is 23.1 Å². The zero-order chi connectivity index (χ0) is 27.8. The normalized spacial score (nSPS) is 15.4. The summed E-state index contributed by atoms with van der Waals surface area (Å²) in [5.41, 5.74) is 3.83. The predicted molar refractivity (Wildman–Crippen MR) is 156 cm³/mol. The lowest BCUT2D eigenvalue weighted by Crippen LogP contribution is -2.42. The molecule has 1 amide bonds. The summed E-state index contributed by atoms with van der Waals surface area (Å²) in [6.07, 6.45) is 24.1. The summed E-state index contributed by atoms with van der Waals surface area (Å²) >= 11 is 0. The molecular formula is C35H29NO3. The van der Waals surface area contributed by atoms with Crippen molar-refractivity contribution in [2.75, 3.05) is 11.4 Å². The minimum absolute atomic E-state index is 0.0857. The maximum Gasteiger partial charge on any atom is 0.247 e. The third-order valence-electron chi connectivity index (χ3n) is 6.92. The summed E-state index contributed by atoms with van der Waals surface area (Å²) in [7, 11) is 0. The lowest BCUT2D eigenvalue weighted by Gasteiger charge is -2.31. The van der Waals surface area contributed by atoms with Crippen molar-refractivity contribution in [3.8, 4) is 48.7 Å². The van der Waals surface area contributed by atoms with E-state index in [1.54, 1.807) is 11.0 Å². The maximum atomic E-state index is 14.6. The van der Waals surface area contributed by atoms with Gasteiger partial charge < -0.3 is 14.4 Å². The molecule has 39 heavy (non-hydrogen) atoms. The standard InChI is InChI=1S/C35H29NO3/c1-6-11-15-26-24-28(19-21-32(26)38-9-4)35(29-20-22-33(39-10-5)27(25-29)16-12-7-2)30-17-13-14-18-31(30)36(23-8-3)34(35)37/h1-2,4,8,10,13-14,17-22,24-25H,3,5,11-12,15-16,23H2. The van der Waals surface area contributed by atoms with Crippen LogP contribution in [0.5, 0.6) is 11.5 Å². The summed E-state index contributed by atoms with van der Waals surface area (Å²) in [6.45, 7) is 7.95. The predicted octanol–water partition coefficient (Wildman–Crippen LogP) is 6.18. The van der Waals surface area contributed by atoms with Crippen molar-refractivity contribution < 1.29 is 14.3 Å². The Morgan fingerprint density at radius 3 is 2.08 bits per heavy atom. The fourth-order valence-corrected chi connectivity index (χ4v) is 5.29. The van der Waals surface area contributed by atoms with Crippen LogP contribution >= 0.6 is 0 Å². The van der Waals surface area contributed by atoms with Crippen LogP contribution in [0.15, 0.2) is 86.2 Å². The number of rotatable bonds is 11. The van der Waals surface area contributed by atoms with E-state index in [1.165, 1.54) is 6.26 Å². The number of fused-ring (bicyclic) bond motifs is 1. The number of carbonyl (C=O) groups is 1. The third kappa shape index (κ3) is 4.80. The molecule has 1 atom stereocenters. The van der Waals surface area contributed by atoms with Gasteiger partial charge in [-0.15, -0.1) is 31.3 Å². The Morgan fingerprint density at radius 2 is 1.49 bits per heavy atom. The fourth-order valence-electron chi connectivity index (χ4n) is 5.29. The summed E-state index contributed by atoms with van der Waals surface area (Å²) in [6, 6.07) is 19.3. The third-order valence-corrected chi connectivity index (χ3v) is 6.92. The van der Waals surface area contributed by atoms with Crippen molar-refractivity contribution in [1.29, 1.82) is 0 Å². The summed E-state index contributed by atoms with van der Waals surface area (Å²) in [5.74, 6) is 6.47. The summed E-state index contributed by atoms with van der Waals surface area (Å²) in [4.78, 5) is 16.4. The minimum Gasteiger partial charge on any atom is -0.465 e. The molecule has 0 radical (unpaired) electrons. The van der Waals surface area contributed by atoms with Gasteiger partial charge in [-0.2, -0.15) is 0 Å². The SMILES string of the molecule is C#CCCc1cc(C2(c3ccc(OC=C)c(CCC#C)c3)C(=O)N(CC=C)c3ccccc32)ccc1OC#C. The van der Waals surface area contributed by atoms with Crippen molar-refractivity contribution >= 4 is 11.6 Å². The molecule has 0 spiro atoms. The molecule has 4 heteroatoms.